The van der Waals surface area contributed by atoms with Gasteiger partial charge in [-0.05, 0) is 63.1 Å². The summed E-state index contributed by atoms with van der Waals surface area (Å²) >= 11 is 0. The summed E-state index contributed by atoms with van der Waals surface area (Å²) in [5.74, 6) is -0.287. The van der Waals surface area contributed by atoms with Crippen LogP contribution in [0.2, 0.25) is 0 Å². The van der Waals surface area contributed by atoms with E-state index in [2.05, 4.69) is 10.0 Å². The van der Waals surface area contributed by atoms with Gasteiger partial charge in [-0.2, -0.15) is 0 Å². The number of carbonyl (C=O) groups is 1. The summed E-state index contributed by atoms with van der Waals surface area (Å²) in [6.07, 6.45) is 0. The third kappa shape index (κ3) is 4.64. The van der Waals surface area contributed by atoms with Crippen molar-refractivity contribution >= 4 is 21.6 Å². The van der Waals surface area contributed by atoms with Crippen LogP contribution in [0.4, 0.5) is 5.69 Å². The number of hydrogen-bond donors (Lipinski definition) is 2. The fraction of sp³-hybridized carbons (Fsp3) is 0.235. The minimum atomic E-state index is -3.50. The molecule has 0 aromatic heterocycles. The van der Waals surface area contributed by atoms with Crippen molar-refractivity contribution in [3.05, 3.63) is 59.7 Å². The standard InChI is InChI=1S/C17H21N3O3S/c1-18-24(22,23)16-9-7-14(8-10-16)17(21)19-15-6-4-5-13(11-15)12-20(2)3/h4-11,18H,12H2,1-3H3,(H,19,21). The smallest absolute Gasteiger partial charge is 0.255 e. The molecule has 0 heterocycles. The average Bonchev–Trinajstić information content (AvgIpc) is 2.54. The minimum absolute atomic E-state index is 0.120. The molecule has 128 valence electrons. The number of carbonyl (C=O) groups excluding carboxylic acids is 1. The molecule has 6 nitrogen and oxygen atoms in total. The van der Waals surface area contributed by atoms with Crippen LogP contribution >= 0.6 is 0 Å². The lowest BCUT2D eigenvalue weighted by Crippen LogP contribution is -2.19. The van der Waals surface area contributed by atoms with Crippen molar-refractivity contribution in [1.29, 1.82) is 0 Å². The monoisotopic (exact) mass is 347 g/mol. The molecular formula is C17H21N3O3S. The lowest BCUT2D eigenvalue weighted by molar-refractivity contribution is 0.102. The largest absolute Gasteiger partial charge is 0.322 e. The summed E-state index contributed by atoms with van der Waals surface area (Å²) in [7, 11) is 1.80. The van der Waals surface area contributed by atoms with Gasteiger partial charge in [-0.25, -0.2) is 13.1 Å². The van der Waals surface area contributed by atoms with E-state index in [1.54, 1.807) is 0 Å². The molecule has 0 bridgehead atoms. The molecule has 2 aromatic carbocycles. The molecule has 24 heavy (non-hydrogen) atoms. The van der Waals surface area contributed by atoms with Crippen molar-refractivity contribution in [2.24, 2.45) is 0 Å². The maximum absolute atomic E-state index is 12.3. The highest BCUT2D eigenvalue weighted by atomic mass is 32.2. The first-order chi connectivity index (χ1) is 11.3. The number of rotatable bonds is 6. The van der Waals surface area contributed by atoms with Crippen LogP contribution in [0, 0.1) is 0 Å². The molecule has 0 saturated heterocycles. The molecule has 0 fully saturated rings. The van der Waals surface area contributed by atoms with Crippen molar-refractivity contribution in [2.45, 2.75) is 11.4 Å². The van der Waals surface area contributed by atoms with Crippen LogP contribution in [-0.4, -0.2) is 40.4 Å². The first-order valence-corrected chi connectivity index (χ1v) is 8.89. The van der Waals surface area contributed by atoms with Crippen molar-refractivity contribution in [3.63, 3.8) is 0 Å². The number of nitrogens with zero attached hydrogens (tertiary/aromatic N) is 1. The molecule has 7 heteroatoms. The van der Waals surface area contributed by atoms with Crippen LogP contribution in [0.25, 0.3) is 0 Å². The number of anilines is 1. The SMILES string of the molecule is CNS(=O)(=O)c1ccc(C(=O)Nc2cccc(CN(C)C)c2)cc1. The van der Waals surface area contributed by atoms with Crippen LogP contribution in [0.5, 0.6) is 0 Å². The number of amides is 1. The van der Waals surface area contributed by atoms with Crippen LogP contribution in [0.3, 0.4) is 0 Å². The topological polar surface area (TPSA) is 78.5 Å². The van der Waals surface area contributed by atoms with E-state index in [4.69, 9.17) is 0 Å². The maximum atomic E-state index is 12.3. The molecule has 2 rings (SSSR count). The molecule has 0 atom stereocenters. The Morgan fingerprint density at radius 3 is 2.33 bits per heavy atom. The fourth-order valence-electron chi connectivity index (χ4n) is 2.22. The minimum Gasteiger partial charge on any atom is -0.322 e. The Labute approximate surface area is 142 Å². The summed E-state index contributed by atoms with van der Waals surface area (Å²) in [5.41, 5.74) is 2.18. The average molecular weight is 347 g/mol. The zero-order valence-electron chi connectivity index (χ0n) is 13.9. The predicted molar refractivity (Wildman–Crippen MR) is 94.5 cm³/mol. The zero-order valence-corrected chi connectivity index (χ0v) is 14.7. The Balaban J connectivity index is 2.13. The van der Waals surface area contributed by atoms with Crippen LogP contribution in [-0.2, 0) is 16.6 Å². The number of sulfonamides is 1. The van der Waals surface area contributed by atoms with Gasteiger partial charge in [0.1, 0.15) is 0 Å². The van der Waals surface area contributed by atoms with Gasteiger partial charge in [0.15, 0.2) is 0 Å². The summed E-state index contributed by atoms with van der Waals surface area (Å²) in [6.45, 7) is 0.778. The van der Waals surface area contributed by atoms with Gasteiger partial charge in [0, 0.05) is 17.8 Å². The summed E-state index contributed by atoms with van der Waals surface area (Å²) < 4.78 is 25.6. The van der Waals surface area contributed by atoms with Gasteiger partial charge in [-0.15, -0.1) is 0 Å². The van der Waals surface area contributed by atoms with E-state index in [1.807, 2.05) is 43.3 Å². The van der Waals surface area contributed by atoms with Gasteiger partial charge in [0.05, 0.1) is 4.90 Å². The molecule has 0 unspecified atom stereocenters. The molecule has 0 radical (unpaired) electrons. The Morgan fingerprint density at radius 1 is 1.08 bits per heavy atom. The molecule has 0 aliphatic carbocycles. The fourth-order valence-corrected chi connectivity index (χ4v) is 2.95. The second-order valence-electron chi connectivity index (χ2n) is 5.62. The van der Waals surface area contributed by atoms with E-state index in [0.717, 1.165) is 12.1 Å². The van der Waals surface area contributed by atoms with Gasteiger partial charge in [-0.3, -0.25) is 4.79 Å². The molecule has 0 aliphatic rings. The number of benzene rings is 2. The maximum Gasteiger partial charge on any atom is 0.255 e. The highest BCUT2D eigenvalue weighted by Crippen LogP contribution is 2.15. The van der Waals surface area contributed by atoms with Crippen molar-refractivity contribution in [2.75, 3.05) is 26.5 Å². The molecule has 2 N–H and O–H groups in total. The first-order valence-electron chi connectivity index (χ1n) is 7.40. The van der Waals surface area contributed by atoms with Gasteiger partial charge >= 0.3 is 0 Å². The van der Waals surface area contributed by atoms with Gasteiger partial charge in [0.25, 0.3) is 5.91 Å². The van der Waals surface area contributed by atoms with Gasteiger partial charge in [-0.1, -0.05) is 12.1 Å². The first kappa shape index (κ1) is 18.1. The zero-order chi connectivity index (χ0) is 17.7. The highest BCUT2D eigenvalue weighted by Gasteiger charge is 2.13. The summed E-state index contributed by atoms with van der Waals surface area (Å²) in [4.78, 5) is 14.5. The molecule has 0 saturated carbocycles. The van der Waals surface area contributed by atoms with E-state index in [-0.39, 0.29) is 10.8 Å². The lowest BCUT2D eigenvalue weighted by atomic mass is 10.1. The van der Waals surface area contributed by atoms with Gasteiger partial charge in [0.2, 0.25) is 10.0 Å². The Morgan fingerprint density at radius 2 is 1.75 bits per heavy atom. The number of nitrogens with one attached hydrogen (secondary N) is 2. The summed E-state index contributed by atoms with van der Waals surface area (Å²) in [6, 6.07) is 13.4. The molecule has 0 aliphatic heterocycles. The molecular weight excluding hydrogens is 326 g/mol. The Hall–Kier alpha value is -2.22. The normalized spacial score (nSPS) is 11.5. The Bertz CT molecular complexity index is 815. The van der Waals surface area contributed by atoms with Crippen LogP contribution in [0.1, 0.15) is 15.9 Å². The second-order valence-corrected chi connectivity index (χ2v) is 7.51. The van der Waals surface area contributed by atoms with Crippen LogP contribution in [0.15, 0.2) is 53.4 Å². The van der Waals surface area contributed by atoms with Gasteiger partial charge < -0.3 is 10.2 Å². The predicted octanol–water partition coefficient (Wildman–Crippen LogP) is 1.91. The van der Waals surface area contributed by atoms with Crippen LogP contribution < -0.4 is 10.0 Å². The van der Waals surface area contributed by atoms with E-state index < -0.39 is 10.0 Å². The van der Waals surface area contributed by atoms with Crippen molar-refractivity contribution in [1.82, 2.24) is 9.62 Å². The quantitative estimate of drug-likeness (QED) is 0.837. The second kappa shape index (κ2) is 7.57. The molecule has 1 amide bonds. The summed E-state index contributed by atoms with van der Waals surface area (Å²) in [5, 5.41) is 2.82. The van der Waals surface area contributed by atoms with E-state index in [0.29, 0.717) is 11.3 Å². The van der Waals surface area contributed by atoms with E-state index in [9.17, 15) is 13.2 Å². The third-order valence-corrected chi connectivity index (χ3v) is 4.81. The molecule has 0 spiro atoms. The van der Waals surface area contributed by atoms with Crippen molar-refractivity contribution < 1.29 is 13.2 Å². The molecule has 2 aromatic rings. The lowest BCUT2D eigenvalue weighted by Gasteiger charge is -2.11. The number of hydrogen-bond acceptors (Lipinski definition) is 4. The highest BCUT2D eigenvalue weighted by molar-refractivity contribution is 7.89. The van der Waals surface area contributed by atoms with E-state index in [1.165, 1.54) is 31.3 Å². The Kier molecular flexibility index (Phi) is 5.71. The van der Waals surface area contributed by atoms with E-state index >= 15 is 0 Å². The van der Waals surface area contributed by atoms with Crippen molar-refractivity contribution in [3.8, 4) is 0 Å². The third-order valence-electron chi connectivity index (χ3n) is 3.38.